The maximum absolute atomic E-state index is 9.08. The predicted octanol–water partition coefficient (Wildman–Crippen LogP) is 1.73. The van der Waals surface area contributed by atoms with Gasteiger partial charge < -0.3 is 14.6 Å². The summed E-state index contributed by atoms with van der Waals surface area (Å²) in [6, 6.07) is 0. The number of ether oxygens (including phenoxy) is 2. The Kier molecular flexibility index (Phi) is 4.85. The molecule has 1 fully saturated rings. The van der Waals surface area contributed by atoms with Gasteiger partial charge in [-0.2, -0.15) is 0 Å². The van der Waals surface area contributed by atoms with Gasteiger partial charge in [0.15, 0.2) is 0 Å². The summed E-state index contributed by atoms with van der Waals surface area (Å²) >= 11 is 0. The van der Waals surface area contributed by atoms with E-state index in [1.807, 2.05) is 0 Å². The molecule has 3 heteroatoms. The van der Waals surface area contributed by atoms with E-state index < -0.39 is 0 Å². The molecule has 0 aliphatic carbocycles. The Morgan fingerprint density at radius 2 is 1.93 bits per heavy atom. The smallest absolute Gasteiger partial charge is 0.0624 e. The third-order valence-electron chi connectivity index (χ3n) is 2.54. The summed E-state index contributed by atoms with van der Waals surface area (Å²) in [5, 5.41) is 9.08. The summed E-state index contributed by atoms with van der Waals surface area (Å²) in [7, 11) is 0. The van der Waals surface area contributed by atoms with Crippen LogP contribution in [0.5, 0.6) is 0 Å². The molecule has 3 unspecified atom stereocenters. The Morgan fingerprint density at radius 3 is 2.43 bits per heavy atom. The quantitative estimate of drug-likeness (QED) is 0.754. The molecule has 0 radical (unpaired) electrons. The fraction of sp³-hybridized carbons (Fsp3) is 1.00. The molecule has 0 spiro atoms. The summed E-state index contributed by atoms with van der Waals surface area (Å²) in [6.07, 6.45) is 3.33. The van der Waals surface area contributed by atoms with Crippen LogP contribution in [0.1, 0.15) is 40.0 Å². The molecular weight excluding hydrogens is 180 g/mol. The molecule has 1 aliphatic rings. The molecule has 14 heavy (non-hydrogen) atoms. The molecule has 0 aromatic heterocycles. The Balaban J connectivity index is 2.17. The first-order valence-corrected chi connectivity index (χ1v) is 5.53. The van der Waals surface area contributed by atoms with Crippen molar-refractivity contribution in [2.45, 2.75) is 64.4 Å². The molecule has 1 saturated heterocycles. The van der Waals surface area contributed by atoms with Crippen LogP contribution in [0.2, 0.25) is 0 Å². The van der Waals surface area contributed by atoms with Gasteiger partial charge in [0.25, 0.3) is 0 Å². The van der Waals surface area contributed by atoms with E-state index in [9.17, 15) is 0 Å². The zero-order chi connectivity index (χ0) is 10.6. The molecule has 3 nitrogen and oxygen atoms in total. The highest BCUT2D eigenvalue weighted by atomic mass is 16.5. The van der Waals surface area contributed by atoms with Gasteiger partial charge in [-0.3, -0.25) is 0 Å². The Hall–Kier alpha value is -0.120. The zero-order valence-corrected chi connectivity index (χ0v) is 9.40. The minimum absolute atomic E-state index is 0.260. The SMILES string of the molecule is CC(O)CCOC1CC(C)OC(C)C1. The molecule has 0 saturated carbocycles. The van der Waals surface area contributed by atoms with E-state index in [4.69, 9.17) is 14.6 Å². The maximum Gasteiger partial charge on any atom is 0.0624 e. The lowest BCUT2D eigenvalue weighted by atomic mass is 10.0. The summed E-state index contributed by atoms with van der Waals surface area (Å²) in [4.78, 5) is 0. The van der Waals surface area contributed by atoms with Crippen molar-refractivity contribution in [3.63, 3.8) is 0 Å². The number of hydrogen-bond acceptors (Lipinski definition) is 3. The topological polar surface area (TPSA) is 38.7 Å². The normalized spacial score (nSPS) is 35.6. The van der Waals surface area contributed by atoms with Gasteiger partial charge in [-0.15, -0.1) is 0 Å². The van der Waals surface area contributed by atoms with Crippen molar-refractivity contribution in [3.05, 3.63) is 0 Å². The van der Waals surface area contributed by atoms with Crippen molar-refractivity contribution in [2.75, 3.05) is 6.61 Å². The number of hydrogen-bond donors (Lipinski definition) is 1. The lowest BCUT2D eigenvalue weighted by molar-refractivity contribution is -0.104. The Morgan fingerprint density at radius 1 is 1.36 bits per heavy atom. The van der Waals surface area contributed by atoms with Crippen LogP contribution in [0, 0.1) is 0 Å². The van der Waals surface area contributed by atoms with Crippen LogP contribution in [0.25, 0.3) is 0 Å². The van der Waals surface area contributed by atoms with Gasteiger partial charge in [0.1, 0.15) is 0 Å². The molecule has 1 heterocycles. The summed E-state index contributed by atoms with van der Waals surface area (Å²) in [6.45, 7) is 6.61. The fourth-order valence-corrected chi connectivity index (χ4v) is 1.89. The van der Waals surface area contributed by atoms with Crippen molar-refractivity contribution in [1.82, 2.24) is 0 Å². The van der Waals surface area contributed by atoms with E-state index in [0.29, 0.717) is 24.9 Å². The third kappa shape index (κ3) is 4.40. The molecule has 0 aromatic carbocycles. The highest BCUT2D eigenvalue weighted by molar-refractivity contribution is 4.73. The van der Waals surface area contributed by atoms with E-state index in [-0.39, 0.29) is 6.10 Å². The van der Waals surface area contributed by atoms with Gasteiger partial charge in [0, 0.05) is 6.61 Å². The predicted molar refractivity (Wildman–Crippen MR) is 55.3 cm³/mol. The van der Waals surface area contributed by atoms with Gasteiger partial charge >= 0.3 is 0 Å². The van der Waals surface area contributed by atoms with Gasteiger partial charge in [-0.05, 0) is 40.0 Å². The van der Waals surface area contributed by atoms with Gasteiger partial charge in [-0.25, -0.2) is 0 Å². The lowest BCUT2D eigenvalue weighted by Crippen LogP contribution is -2.34. The minimum atomic E-state index is -0.260. The van der Waals surface area contributed by atoms with E-state index in [1.54, 1.807) is 6.92 Å². The Bertz CT molecular complexity index is 149. The molecule has 84 valence electrons. The molecule has 1 aliphatic heterocycles. The number of aliphatic hydroxyl groups excluding tert-OH is 1. The minimum Gasteiger partial charge on any atom is -0.393 e. The first-order chi connectivity index (χ1) is 6.58. The van der Waals surface area contributed by atoms with Crippen molar-refractivity contribution >= 4 is 0 Å². The second-order valence-electron chi connectivity index (χ2n) is 4.36. The van der Waals surface area contributed by atoms with Crippen molar-refractivity contribution in [3.8, 4) is 0 Å². The van der Waals surface area contributed by atoms with Crippen LogP contribution in [0.4, 0.5) is 0 Å². The molecule has 0 amide bonds. The monoisotopic (exact) mass is 202 g/mol. The van der Waals surface area contributed by atoms with E-state index in [0.717, 1.165) is 19.3 Å². The Labute approximate surface area is 86.4 Å². The van der Waals surface area contributed by atoms with E-state index >= 15 is 0 Å². The summed E-state index contributed by atoms with van der Waals surface area (Å²) < 4.78 is 11.3. The first kappa shape index (κ1) is 12.0. The second kappa shape index (κ2) is 5.69. The number of rotatable bonds is 4. The van der Waals surface area contributed by atoms with Gasteiger partial charge in [0.05, 0.1) is 24.4 Å². The van der Waals surface area contributed by atoms with Crippen molar-refractivity contribution in [2.24, 2.45) is 0 Å². The van der Waals surface area contributed by atoms with Crippen LogP contribution in [-0.2, 0) is 9.47 Å². The van der Waals surface area contributed by atoms with Crippen LogP contribution in [0.15, 0.2) is 0 Å². The first-order valence-electron chi connectivity index (χ1n) is 5.53. The molecule has 0 aromatic rings. The average Bonchev–Trinajstić information content (AvgIpc) is 2.01. The highest BCUT2D eigenvalue weighted by Gasteiger charge is 2.24. The summed E-state index contributed by atoms with van der Waals surface area (Å²) in [5.41, 5.74) is 0. The fourth-order valence-electron chi connectivity index (χ4n) is 1.89. The molecule has 0 bridgehead atoms. The standard InChI is InChI=1S/C11H22O3/c1-8(12)4-5-13-11-6-9(2)14-10(3)7-11/h8-12H,4-7H2,1-3H3. The van der Waals surface area contributed by atoms with E-state index in [1.165, 1.54) is 0 Å². The molecule has 1 N–H and O–H groups in total. The highest BCUT2D eigenvalue weighted by Crippen LogP contribution is 2.21. The van der Waals surface area contributed by atoms with Gasteiger partial charge in [-0.1, -0.05) is 0 Å². The largest absolute Gasteiger partial charge is 0.393 e. The van der Waals surface area contributed by atoms with Gasteiger partial charge in [0.2, 0.25) is 0 Å². The second-order valence-corrected chi connectivity index (χ2v) is 4.36. The van der Waals surface area contributed by atoms with E-state index in [2.05, 4.69) is 13.8 Å². The third-order valence-corrected chi connectivity index (χ3v) is 2.54. The molecule has 1 rings (SSSR count). The average molecular weight is 202 g/mol. The lowest BCUT2D eigenvalue weighted by Gasteiger charge is -2.32. The van der Waals surface area contributed by atoms with Crippen LogP contribution < -0.4 is 0 Å². The van der Waals surface area contributed by atoms with Crippen LogP contribution in [-0.4, -0.2) is 36.1 Å². The van der Waals surface area contributed by atoms with Crippen molar-refractivity contribution < 1.29 is 14.6 Å². The molecular formula is C11H22O3. The van der Waals surface area contributed by atoms with Crippen LogP contribution in [0.3, 0.4) is 0 Å². The van der Waals surface area contributed by atoms with Crippen molar-refractivity contribution in [1.29, 1.82) is 0 Å². The zero-order valence-electron chi connectivity index (χ0n) is 9.40. The van der Waals surface area contributed by atoms with Crippen LogP contribution >= 0.6 is 0 Å². The maximum atomic E-state index is 9.08. The summed E-state index contributed by atoms with van der Waals surface area (Å²) in [5.74, 6) is 0. The number of aliphatic hydroxyl groups is 1. The molecule has 3 atom stereocenters.